The smallest absolute Gasteiger partial charge is 0.00157 e. The van der Waals surface area contributed by atoms with Gasteiger partial charge in [0, 0.05) is 13.1 Å². The fraction of sp³-hybridized carbons (Fsp3) is 0.571. The maximum absolute atomic E-state index is 4.07. The van der Waals surface area contributed by atoms with Crippen LogP contribution in [0.1, 0.15) is 12.8 Å². The van der Waals surface area contributed by atoms with E-state index in [2.05, 4.69) is 57.7 Å². The molecule has 2 heteroatoms. The van der Waals surface area contributed by atoms with Crippen molar-refractivity contribution in [3.8, 4) is 0 Å². The van der Waals surface area contributed by atoms with Crippen LogP contribution in [0.2, 0.25) is 0 Å². The molecule has 0 aromatic carbocycles. The molecule has 16 heavy (non-hydrogen) atoms. The monoisotopic (exact) mass is 222 g/mol. The Morgan fingerprint density at radius 2 is 1.06 bits per heavy atom. The summed E-state index contributed by atoms with van der Waals surface area (Å²) in [4.78, 5) is 4.31. The maximum atomic E-state index is 4.07. The first kappa shape index (κ1) is 15.1. The minimum Gasteiger partial charge on any atom is -0.309 e. The summed E-state index contributed by atoms with van der Waals surface area (Å²) in [5.41, 5.74) is 3.25. The predicted molar refractivity (Wildman–Crippen MR) is 73.8 cm³/mol. The molecule has 0 bridgehead atoms. The zero-order chi connectivity index (χ0) is 12.7. The molecule has 0 aliphatic rings. The van der Waals surface area contributed by atoms with E-state index < -0.39 is 0 Å². The fourth-order valence-electron chi connectivity index (χ4n) is 1.27. The van der Waals surface area contributed by atoms with Gasteiger partial charge in [0.15, 0.2) is 0 Å². The second-order valence-electron chi connectivity index (χ2n) is 4.79. The topological polar surface area (TPSA) is 6.48 Å². The van der Waals surface area contributed by atoms with Crippen molar-refractivity contribution in [3.05, 3.63) is 36.5 Å². The molecule has 0 spiro atoms. The van der Waals surface area contributed by atoms with E-state index in [9.17, 15) is 0 Å². The second kappa shape index (κ2) is 7.42. The predicted octanol–water partition coefficient (Wildman–Crippen LogP) is 2.56. The van der Waals surface area contributed by atoms with Gasteiger partial charge in [-0.3, -0.25) is 0 Å². The van der Waals surface area contributed by atoms with Crippen LogP contribution in [-0.2, 0) is 0 Å². The molecular weight excluding hydrogens is 196 g/mol. The summed E-state index contributed by atoms with van der Waals surface area (Å²) < 4.78 is 0. The lowest BCUT2D eigenvalue weighted by molar-refractivity contribution is 0.411. The Morgan fingerprint density at radius 3 is 1.31 bits per heavy atom. The Balaban J connectivity index is 4.02. The van der Waals surface area contributed by atoms with E-state index in [4.69, 9.17) is 0 Å². The van der Waals surface area contributed by atoms with Crippen LogP contribution >= 0.6 is 0 Å². The van der Waals surface area contributed by atoms with Gasteiger partial charge in [0.2, 0.25) is 0 Å². The molecule has 0 N–H and O–H groups in total. The van der Waals surface area contributed by atoms with Crippen LogP contribution in [-0.4, -0.2) is 51.1 Å². The molecular formula is C14H26N2. The van der Waals surface area contributed by atoms with Crippen LogP contribution in [0.25, 0.3) is 0 Å². The summed E-state index contributed by atoms with van der Waals surface area (Å²) >= 11 is 0. The van der Waals surface area contributed by atoms with Gasteiger partial charge in [-0.2, -0.15) is 0 Å². The second-order valence-corrected chi connectivity index (χ2v) is 4.79. The quantitative estimate of drug-likeness (QED) is 0.582. The highest BCUT2D eigenvalue weighted by Crippen LogP contribution is 2.20. The van der Waals surface area contributed by atoms with E-state index in [1.54, 1.807) is 0 Å². The average molecular weight is 222 g/mol. The molecule has 0 amide bonds. The molecule has 0 fully saturated rings. The Bertz CT molecular complexity index is 236. The summed E-state index contributed by atoms with van der Waals surface area (Å²) in [7, 11) is 8.27. The lowest BCUT2D eigenvalue weighted by Gasteiger charge is -2.16. The standard InChI is InChI=1S/C14H26N2/c1-12(8-10-15(4)5)14(3)13(2)9-11-16(6)7/h1-3,8-11H2,4-7H3. The zero-order valence-electron chi connectivity index (χ0n) is 11.3. The number of nitrogens with zero attached hydrogens (tertiary/aromatic N) is 2. The van der Waals surface area contributed by atoms with E-state index in [0.717, 1.165) is 42.7 Å². The molecule has 0 rings (SSSR count). The Hall–Kier alpha value is -0.860. The summed E-state index contributed by atoms with van der Waals surface area (Å²) in [6.45, 7) is 14.2. The highest BCUT2D eigenvalue weighted by atomic mass is 15.0. The van der Waals surface area contributed by atoms with Crippen molar-refractivity contribution >= 4 is 0 Å². The summed E-state index contributed by atoms with van der Waals surface area (Å²) in [5.74, 6) is 0. The van der Waals surface area contributed by atoms with Gasteiger partial charge >= 0.3 is 0 Å². The van der Waals surface area contributed by atoms with Crippen molar-refractivity contribution in [3.63, 3.8) is 0 Å². The first-order chi connectivity index (χ1) is 7.34. The van der Waals surface area contributed by atoms with E-state index in [1.165, 1.54) is 0 Å². The molecule has 0 aliphatic heterocycles. The molecule has 92 valence electrons. The molecule has 2 nitrogen and oxygen atoms in total. The van der Waals surface area contributed by atoms with Gasteiger partial charge in [-0.25, -0.2) is 0 Å². The third-order valence-electron chi connectivity index (χ3n) is 2.58. The Kier molecular flexibility index (Phi) is 7.02. The van der Waals surface area contributed by atoms with E-state index in [1.807, 2.05) is 0 Å². The van der Waals surface area contributed by atoms with E-state index in [0.29, 0.717) is 0 Å². The first-order valence-electron chi connectivity index (χ1n) is 5.69. The molecule has 0 aliphatic carbocycles. The largest absolute Gasteiger partial charge is 0.309 e. The lowest BCUT2D eigenvalue weighted by Crippen LogP contribution is -2.15. The van der Waals surface area contributed by atoms with Crippen LogP contribution < -0.4 is 0 Å². The van der Waals surface area contributed by atoms with Crippen LogP contribution in [0, 0.1) is 0 Å². The van der Waals surface area contributed by atoms with Gasteiger partial charge in [-0.15, -0.1) is 0 Å². The number of hydrogen-bond acceptors (Lipinski definition) is 2. The van der Waals surface area contributed by atoms with Gasteiger partial charge < -0.3 is 9.80 Å². The molecule has 0 atom stereocenters. The van der Waals surface area contributed by atoms with Gasteiger partial charge in [-0.1, -0.05) is 19.7 Å². The number of rotatable bonds is 8. The van der Waals surface area contributed by atoms with Crippen LogP contribution in [0.5, 0.6) is 0 Å². The molecule has 0 saturated carbocycles. The zero-order valence-corrected chi connectivity index (χ0v) is 11.3. The van der Waals surface area contributed by atoms with Crippen LogP contribution in [0.4, 0.5) is 0 Å². The van der Waals surface area contributed by atoms with E-state index >= 15 is 0 Å². The normalized spacial score (nSPS) is 10.9. The molecule has 0 heterocycles. The third kappa shape index (κ3) is 6.59. The highest BCUT2D eigenvalue weighted by Gasteiger charge is 2.05. The molecule has 0 saturated heterocycles. The van der Waals surface area contributed by atoms with Crippen molar-refractivity contribution in [1.82, 2.24) is 9.80 Å². The molecule has 0 radical (unpaired) electrons. The summed E-state index contributed by atoms with van der Waals surface area (Å²) in [6.07, 6.45) is 1.93. The number of hydrogen-bond donors (Lipinski definition) is 0. The molecule has 0 unspecified atom stereocenters. The Morgan fingerprint density at radius 1 is 0.750 bits per heavy atom. The Labute approximate surface area is 101 Å². The van der Waals surface area contributed by atoms with Crippen molar-refractivity contribution in [2.45, 2.75) is 12.8 Å². The summed E-state index contributed by atoms with van der Waals surface area (Å²) in [5, 5.41) is 0. The van der Waals surface area contributed by atoms with Crippen molar-refractivity contribution in [1.29, 1.82) is 0 Å². The molecule has 0 aromatic rings. The average Bonchev–Trinajstić information content (AvgIpc) is 2.21. The maximum Gasteiger partial charge on any atom is 0.00157 e. The summed E-state index contributed by atoms with van der Waals surface area (Å²) in [6, 6.07) is 0. The fourth-order valence-corrected chi connectivity index (χ4v) is 1.27. The SMILES string of the molecule is C=C(CCN(C)C)C(=C)C(=C)CCN(C)C. The van der Waals surface area contributed by atoms with Gasteiger partial charge in [0.05, 0.1) is 0 Å². The molecule has 0 aromatic heterocycles. The third-order valence-corrected chi connectivity index (χ3v) is 2.58. The van der Waals surface area contributed by atoms with E-state index in [-0.39, 0.29) is 0 Å². The van der Waals surface area contributed by atoms with Gasteiger partial charge in [0.25, 0.3) is 0 Å². The first-order valence-corrected chi connectivity index (χ1v) is 5.69. The highest BCUT2D eigenvalue weighted by molar-refractivity contribution is 5.41. The minimum atomic E-state index is 0.965. The van der Waals surface area contributed by atoms with Crippen LogP contribution in [0.3, 0.4) is 0 Å². The number of allylic oxidation sites excluding steroid dienone is 1. The minimum absolute atomic E-state index is 0.965. The van der Waals surface area contributed by atoms with Crippen molar-refractivity contribution in [2.24, 2.45) is 0 Å². The van der Waals surface area contributed by atoms with Gasteiger partial charge in [-0.05, 0) is 57.8 Å². The van der Waals surface area contributed by atoms with Crippen molar-refractivity contribution < 1.29 is 0 Å². The lowest BCUT2D eigenvalue weighted by atomic mass is 9.97. The van der Waals surface area contributed by atoms with Gasteiger partial charge in [0.1, 0.15) is 0 Å². The van der Waals surface area contributed by atoms with Crippen molar-refractivity contribution in [2.75, 3.05) is 41.3 Å². The van der Waals surface area contributed by atoms with Crippen LogP contribution in [0.15, 0.2) is 36.5 Å².